The highest BCUT2D eigenvalue weighted by atomic mass is 16.6. The highest BCUT2D eigenvalue weighted by Crippen LogP contribution is 2.23. The van der Waals surface area contributed by atoms with Crippen LogP contribution in [-0.4, -0.2) is 26.0 Å². The maximum Gasteiger partial charge on any atom is 0.295 e. The van der Waals surface area contributed by atoms with Crippen LogP contribution in [0.2, 0.25) is 0 Å². The fraction of sp³-hybridized carbons (Fsp3) is 0.231. The number of aromatic nitrogens is 3. The van der Waals surface area contributed by atoms with Crippen LogP contribution in [0.3, 0.4) is 0 Å². The molecule has 0 amide bonds. The number of rotatable bonds is 5. The molecule has 1 aromatic carbocycles. The van der Waals surface area contributed by atoms with Crippen molar-refractivity contribution in [2.45, 2.75) is 6.42 Å². The van der Waals surface area contributed by atoms with Gasteiger partial charge in [0, 0.05) is 44.5 Å². The van der Waals surface area contributed by atoms with E-state index in [1.165, 1.54) is 12.1 Å². The predicted octanol–water partition coefficient (Wildman–Crippen LogP) is 2.12. The van der Waals surface area contributed by atoms with Crippen molar-refractivity contribution in [3.8, 4) is 0 Å². The van der Waals surface area contributed by atoms with Crippen LogP contribution < -0.4 is 5.32 Å². The molecule has 0 aliphatic carbocycles. The Morgan fingerprint density at radius 2 is 2.33 bits per heavy atom. The van der Waals surface area contributed by atoms with Gasteiger partial charge in [-0.1, -0.05) is 0 Å². The van der Waals surface area contributed by atoms with Crippen molar-refractivity contribution in [2.24, 2.45) is 7.05 Å². The van der Waals surface area contributed by atoms with Crippen molar-refractivity contribution < 1.29 is 9.34 Å². The van der Waals surface area contributed by atoms with E-state index < -0.39 is 4.92 Å². The molecule has 0 bridgehead atoms. The number of nitrogens with zero attached hydrogens (tertiary/aromatic N) is 4. The van der Waals surface area contributed by atoms with Crippen LogP contribution in [0.5, 0.6) is 0 Å². The van der Waals surface area contributed by atoms with Gasteiger partial charge in [-0.25, -0.2) is 4.98 Å². The van der Waals surface area contributed by atoms with Crippen molar-refractivity contribution in [3.63, 3.8) is 0 Å². The Labute approximate surface area is 119 Å². The van der Waals surface area contributed by atoms with E-state index in [-0.39, 0.29) is 5.69 Å². The molecule has 3 aromatic rings. The van der Waals surface area contributed by atoms with E-state index in [0.717, 1.165) is 12.2 Å². The Morgan fingerprint density at radius 3 is 3.05 bits per heavy atom. The van der Waals surface area contributed by atoms with Gasteiger partial charge >= 0.3 is 0 Å². The van der Waals surface area contributed by atoms with Crippen LogP contribution >= 0.6 is 0 Å². The standard InChI is InChI=1S/C13H13N5O3/c1-17-7-6-14-12(17)4-5-15-13-16-10-8-9(18(19)20)2-3-11(10)21-13/h2-3,6-8H,4-5H2,1H3,(H,15,16). The molecule has 8 nitrogen and oxygen atoms in total. The van der Waals surface area contributed by atoms with Crippen LogP contribution in [0.15, 0.2) is 35.0 Å². The van der Waals surface area contributed by atoms with E-state index in [1.54, 1.807) is 12.3 Å². The van der Waals surface area contributed by atoms with Gasteiger partial charge in [0.05, 0.1) is 4.92 Å². The quantitative estimate of drug-likeness (QED) is 0.570. The van der Waals surface area contributed by atoms with Gasteiger partial charge in [-0.3, -0.25) is 10.1 Å². The Balaban J connectivity index is 1.70. The number of hydrogen-bond acceptors (Lipinski definition) is 6. The smallest absolute Gasteiger partial charge is 0.295 e. The monoisotopic (exact) mass is 287 g/mol. The third-order valence-electron chi connectivity index (χ3n) is 3.13. The Morgan fingerprint density at radius 1 is 1.48 bits per heavy atom. The first kappa shape index (κ1) is 13.1. The van der Waals surface area contributed by atoms with Crippen molar-refractivity contribution in [2.75, 3.05) is 11.9 Å². The van der Waals surface area contributed by atoms with E-state index in [0.29, 0.717) is 23.7 Å². The number of nitrogens with one attached hydrogen (secondary N) is 1. The highest BCUT2D eigenvalue weighted by molar-refractivity contribution is 5.77. The summed E-state index contributed by atoms with van der Waals surface area (Å²) in [6, 6.07) is 4.68. The van der Waals surface area contributed by atoms with Gasteiger partial charge in [0.2, 0.25) is 0 Å². The third kappa shape index (κ3) is 2.69. The largest absolute Gasteiger partial charge is 0.424 e. The third-order valence-corrected chi connectivity index (χ3v) is 3.13. The second-order valence-corrected chi connectivity index (χ2v) is 4.56. The molecule has 108 valence electrons. The summed E-state index contributed by atoms with van der Waals surface area (Å²) in [4.78, 5) is 18.7. The molecule has 0 radical (unpaired) electrons. The fourth-order valence-electron chi connectivity index (χ4n) is 2.02. The zero-order valence-electron chi connectivity index (χ0n) is 11.3. The average molecular weight is 287 g/mol. The SMILES string of the molecule is Cn1ccnc1CCNc1nc2cc([N+](=O)[O-])ccc2o1. The number of aryl methyl sites for hydroxylation is 1. The maximum absolute atomic E-state index is 10.7. The molecule has 3 rings (SSSR count). The normalized spacial score (nSPS) is 10.9. The average Bonchev–Trinajstić information content (AvgIpc) is 3.04. The lowest BCUT2D eigenvalue weighted by molar-refractivity contribution is -0.384. The van der Waals surface area contributed by atoms with Gasteiger partial charge in [0.1, 0.15) is 11.3 Å². The fourth-order valence-corrected chi connectivity index (χ4v) is 2.02. The van der Waals surface area contributed by atoms with E-state index in [2.05, 4.69) is 15.3 Å². The Kier molecular flexibility index (Phi) is 3.27. The first-order valence-corrected chi connectivity index (χ1v) is 6.38. The van der Waals surface area contributed by atoms with Gasteiger partial charge in [0.15, 0.2) is 5.58 Å². The molecule has 2 aromatic heterocycles. The molecule has 0 aliphatic heterocycles. The van der Waals surface area contributed by atoms with E-state index in [1.807, 2.05) is 17.8 Å². The summed E-state index contributed by atoms with van der Waals surface area (Å²) in [7, 11) is 1.93. The number of fused-ring (bicyclic) bond motifs is 1. The second kappa shape index (κ2) is 5.23. The first-order chi connectivity index (χ1) is 10.1. The number of imidazole rings is 1. The van der Waals surface area contributed by atoms with E-state index in [9.17, 15) is 10.1 Å². The molecule has 0 spiro atoms. The van der Waals surface area contributed by atoms with E-state index in [4.69, 9.17) is 4.42 Å². The Bertz CT molecular complexity index is 792. The summed E-state index contributed by atoms with van der Waals surface area (Å²) in [6.45, 7) is 0.611. The number of nitro groups is 1. The van der Waals surface area contributed by atoms with Gasteiger partial charge in [-0.2, -0.15) is 4.98 Å². The van der Waals surface area contributed by atoms with Crippen molar-refractivity contribution in [3.05, 3.63) is 46.5 Å². The van der Waals surface area contributed by atoms with Crippen LogP contribution in [0.25, 0.3) is 11.1 Å². The topological polar surface area (TPSA) is 99.0 Å². The van der Waals surface area contributed by atoms with Crippen molar-refractivity contribution in [1.29, 1.82) is 0 Å². The maximum atomic E-state index is 10.7. The molecule has 21 heavy (non-hydrogen) atoms. The molecular weight excluding hydrogens is 274 g/mol. The number of anilines is 1. The van der Waals surface area contributed by atoms with Crippen LogP contribution in [0.1, 0.15) is 5.82 Å². The summed E-state index contributed by atoms with van der Waals surface area (Å²) in [5, 5.41) is 13.8. The molecule has 0 saturated heterocycles. The summed E-state index contributed by atoms with van der Waals surface area (Å²) >= 11 is 0. The minimum absolute atomic E-state index is 0.00430. The molecular formula is C13H13N5O3. The van der Waals surface area contributed by atoms with Crippen molar-refractivity contribution in [1.82, 2.24) is 14.5 Å². The minimum atomic E-state index is -0.456. The molecule has 1 N–H and O–H groups in total. The van der Waals surface area contributed by atoms with Gasteiger partial charge in [-0.15, -0.1) is 0 Å². The lowest BCUT2D eigenvalue weighted by atomic mass is 10.3. The second-order valence-electron chi connectivity index (χ2n) is 4.56. The Hall–Kier alpha value is -2.90. The summed E-state index contributed by atoms with van der Waals surface area (Å²) in [5.41, 5.74) is 0.971. The van der Waals surface area contributed by atoms with E-state index >= 15 is 0 Å². The molecule has 0 fully saturated rings. The van der Waals surface area contributed by atoms with Crippen LogP contribution in [0, 0.1) is 10.1 Å². The predicted molar refractivity (Wildman–Crippen MR) is 76.1 cm³/mol. The zero-order chi connectivity index (χ0) is 14.8. The lowest BCUT2D eigenvalue weighted by Gasteiger charge is -2.01. The van der Waals surface area contributed by atoms with Gasteiger partial charge in [0.25, 0.3) is 11.7 Å². The summed E-state index contributed by atoms with van der Waals surface area (Å²) in [5.74, 6) is 0.953. The molecule has 2 heterocycles. The van der Waals surface area contributed by atoms with Gasteiger partial charge < -0.3 is 14.3 Å². The van der Waals surface area contributed by atoms with Crippen molar-refractivity contribution >= 4 is 22.8 Å². The number of nitro benzene ring substituents is 1. The van der Waals surface area contributed by atoms with Crippen LogP contribution in [0.4, 0.5) is 11.7 Å². The highest BCUT2D eigenvalue weighted by Gasteiger charge is 2.11. The number of hydrogen-bond donors (Lipinski definition) is 1. The molecule has 0 saturated carbocycles. The lowest BCUT2D eigenvalue weighted by Crippen LogP contribution is -2.08. The van der Waals surface area contributed by atoms with Crippen LogP contribution in [-0.2, 0) is 13.5 Å². The molecule has 0 atom stereocenters. The number of benzene rings is 1. The first-order valence-electron chi connectivity index (χ1n) is 6.38. The number of oxazole rings is 1. The summed E-state index contributed by atoms with van der Waals surface area (Å²) in [6.07, 6.45) is 4.35. The zero-order valence-corrected chi connectivity index (χ0v) is 11.3. The number of non-ortho nitro benzene ring substituents is 1. The molecule has 0 aliphatic rings. The summed E-state index contributed by atoms with van der Waals surface area (Å²) < 4.78 is 7.42. The van der Waals surface area contributed by atoms with Gasteiger partial charge in [-0.05, 0) is 6.07 Å². The minimum Gasteiger partial charge on any atom is -0.424 e. The molecule has 8 heteroatoms. The molecule has 0 unspecified atom stereocenters.